The van der Waals surface area contributed by atoms with E-state index in [0.717, 1.165) is 12.2 Å². The van der Waals surface area contributed by atoms with E-state index in [9.17, 15) is 14.7 Å². The highest BCUT2D eigenvalue weighted by Gasteiger charge is 2.41. The van der Waals surface area contributed by atoms with Gasteiger partial charge in [0.05, 0.1) is 29.4 Å². The highest BCUT2D eigenvalue weighted by atomic mass is 16.3. The molecule has 1 aliphatic carbocycles. The summed E-state index contributed by atoms with van der Waals surface area (Å²) in [6.07, 6.45) is 2.14. The molecule has 1 saturated carbocycles. The summed E-state index contributed by atoms with van der Waals surface area (Å²) in [7, 11) is 1.66. The van der Waals surface area contributed by atoms with E-state index in [0.29, 0.717) is 18.5 Å². The zero-order chi connectivity index (χ0) is 16.4. The molecule has 1 aromatic rings. The molecule has 2 amide bonds. The van der Waals surface area contributed by atoms with Gasteiger partial charge in [-0.3, -0.25) is 14.3 Å². The molecular weight excluding hydrogens is 284 g/mol. The topological polar surface area (TPSA) is 87.5 Å². The average Bonchev–Trinajstić information content (AvgIpc) is 3.01. The molecule has 1 fully saturated rings. The number of rotatable bonds is 4. The number of hydrogen-bond acceptors (Lipinski definition) is 4. The van der Waals surface area contributed by atoms with Gasteiger partial charge in [-0.15, -0.1) is 0 Å². The fraction of sp³-hybridized carbons (Fsp3) is 0.667. The zero-order valence-electron chi connectivity index (χ0n) is 13.5. The number of likely N-dealkylation sites (N-methyl/N-ethyl adjacent to an activating group) is 1. The van der Waals surface area contributed by atoms with Crippen molar-refractivity contribution >= 4 is 17.5 Å². The first-order valence-electron chi connectivity index (χ1n) is 7.61. The minimum absolute atomic E-state index is 0.106. The molecule has 2 N–H and O–H groups in total. The van der Waals surface area contributed by atoms with Crippen molar-refractivity contribution in [1.29, 1.82) is 0 Å². The van der Waals surface area contributed by atoms with E-state index in [2.05, 4.69) is 10.4 Å². The average molecular weight is 308 g/mol. The number of aliphatic hydroxyl groups excluding tert-OH is 1. The lowest BCUT2D eigenvalue weighted by atomic mass is 10.0. The Kier molecular flexibility index (Phi) is 4.85. The second-order valence-electron chi connectivity index (χ2n) is 5.84. The summed E-state index contributed by atoms with van der Waals surface area (Å²) in [5.41, 5.74) is 1.42. The molecule has 1 heterocycles. The first-order valence-corrected chi connectivity index (χ1v) is 7.61. The van der Waals surface area contributed by atoms with E-state index >= 15 is 0 Å². The number of amides is 2. The van der Waals surface area contributed by atoms with Crippen LogP contribution >= 0.6 is 0 Å². The van der Waals surface area contributed by atoms with Gasteiger partial charge in [0.2, 0.25) is 11.8 Å². The molecule has 1 aromatic heterocycles. The normalized spacial score (nSPS) is 24.3. The number of carbonyl (C=O) groups excluding carboxylic acids is 2. The van der Waals surface area contributed by atoms with Gasteiger partial charge in [-0.2, -0.15) is 5.10 Å². The van der Waals surface area contributed by atoms with Crippen molar-refractivity contribution in [3.05, 3.63) is 11.9 Å². The molecule has 0 unspecified atom stereocenters. The third kappa shape index (κ3) is 3.14. The summed E-state index contributed by atoms with van der Waals surface area (Å²) < 4.78 is 1.75. The summed E-state index contributed by atoms with van der Waals surface area (Å²) >= 11 is 0. The number of aliphatic hydroxyl groups is 1. The highest BCUT2D eigenvalue weighted by Crippen LogP contribution is 2.30. The molecule has 7 heteroatoms. The summed E-state index contributed by atoms with van der Waals surface area (Å²) in [5.74, 6) is -0.827. The maximum atomic E-state index is 12.4. The number of anilines is 1. The lowest BCUT2D eigenvalue weighted by Crippen LogP contribution is -2.44. The Morgan fingerprint density at radius 3 is 2.73 bits per heavy atom. The second kappa shape index (κ2) is 6.48. The van der Waals surface area contributed by atoms with Crippen LogP contribution in [0, 0.1) is 12.8 Å². The van der Waals surface area contributed by atoms with Crippen molar-refractivity contribution in [2.75, 3.05) is 12.4 Å². The molecule has 0 aromatic carbocycles. The first-order chi connectivity index (χ1) is 10.3. The van der Waals surface area contributed by atoms with Crippen LogP contribution in [0.2, 0.25) is 0 Å². The molecule has 122 valence electrons. The van der Waals surface area contributed by atoms with Crippen molar-refractivity contribution in [2.24, 2.45) is 5.92 Å². The Morgan fingerprint density at radius 1 is 1.50 bits per heavy atom. The number of nitrogens with zero attached hydrogens (tertiary/aromatic N) is 3. The third-order valence-electron chi connectivity index (χ3n) is 4.44. The number of aromatic nitrogens is 2. The molecular formula is C15H24N4O3. The van der Waals surface area contributed by atoms with Gasteiger partial charge in [0.25, 0.3) is 0 Å². The fourth-order valence-electron chi connectivity index (χ4n) is 2.93. The van der Waals surface area contributed by atoms with Crippen LogP contribution in [0.3, 0.4) is 0 Å². The second-order valence-corrected chi connectivity index (χ2v) is 5.84. The minimum atomic E-state index is -0.838. The van der Waals surface area contributed by atoms with Crippen LogP contribution in [-0.2, 0) is 16.1 Å². The van der Waals surface area contributed by atoms with E-state index in [4.69, 9.17) is 0 Å². The molecule has 0 spiro atoms. The first kappa shape index (κ1) is 16.5. The lowest BCUT2D eigenvalue weighted by Gasteiger charge is -2.27. The quantitative estimate of drug-likeness (QED) is 0.860. The van der Waals surface area contributed by atoms with E-state index in [1.54, 1.807) is 17.9 Å². The van der Waals surface area contributed by atoms with E-state index < -0.39 is 12.0 Å². The zero-order valence-corrected chi connectivity index (χ0v) is 13.5. The van der Waals surface area contributed by atoms with E-state index in [1.165, 1.54) is 11.8 Å². The molecule has 2 rings (SSSR count). The van der Waals surface area contributed by atoms with Gasteiger partial charge in [-0.1, -0.05) is 0 Å². The van der Waals surface area contributed by atoms with Gasteiger partial charge >= 0.3 is 0 Å². The van der Waals surface area contributed by atoms with Crippen LogP contribution in [0.4, 0.5) is 5.69 Å². The Labute approximate surface area is 130 Å². The van der Waals surface area contributed by atoms with Crippen molar-refractivity contribution in [3.8, 4) is 0 Å². The van der Waals surface area contributed by atoms with Gasteiger partial charge in [0.1, 0.15) is 0 Å². The Bertz CT molecular complexity index is 569. The maximum Gasteiger partial charge on any atom is 0.230 e. The molecule has 1 aliphatic rings. The molecule has 7 nitrogen and oxygen atoms in total. The van der Waals surface area contributed by atoms with Crippen molar-refractivity contribution in [2.45, 2.75) is 52.3 Å². The minimum Gasteiger partial charge on any atom is -0.390 e. The van der Waals surface area contributed by atoms with Gasteiger partial charge in [0, 0.05) is 26.7 Å². The number of nitrogens with one attached hydrogen (secondary N) is 1. The largest absolute Gasteiger partial charge is 0.390 e. The summed E-state index contributed by atoms with van der Waals surface area (Å²) in [5, 5.41) is 17.5. The number of aryl methyl sites for hydroxylation is 2. The van der Waals surface area contributed by atoms with Crippen LogP contribution in [0.25, 0.3) is 0 Å². The smallest absolute Gasteiger partial charge is 0.230 e. The van der Waals surface area contributed by atoms with Crippen molar-refractivity contribution < 1.29 is 14.7 Å². The van der Waals surface area contributed by atoms with Gasteiger partial charge in [-0.25, -0.2) is 0 Å². The maximum absolute atomic E-state index is 12.4. The van der Waals surface area contributed by atoms with Crippen molar-refractivity contribution in [1.82, 2.24) is 14.7 Å². The molecule has 0 saturated heterocycles. The van der Waals surface area contributed by atoms with Crippen LogP contribution in [0.1, 0.15) is 32.4 Å². The van der Waals surface area contributed by atoms with E-state index in [1.807, 2.05) is 13.8 Å². The van der Waals surface area contributed by atoms with Gasteiger partial charge in [0.15, 0.2) is 0 Å². The van der Waals surface area contributed by atoms with Gasteiger partial charge < -0.3 is 15.3 Å². The molecule has 22 heavy (non-hydrogen) atoms. The van der Waals surface area contributed by atoms with Crippen molar-refractivity contribution in [3.63, 3.8) is 0 Å². The molecule has 0 radical (unpaired) electrons. The lowest BCUT2D eigenvalue weighted by molar-refractivity contribution is -0.133. The molecule has 0 bridgehead atoms. The monoisotopic (exact) mass is 308 g/mol. The fourth-order valence-corrected chi connectivity index (χ4v) is 2.93. The Balaban J connectivity index is 2.04. The predicted molar refractivity (Wildman–Crippen MR) is 82.2 cm³/mol. The molecule has 0 aliphatic heterocycles. The van der Waals surface area contributed by atoms with Crippen LogP contribution in [0.15, 0.2) is 6.20 Å². The third-order valence-corrected chi connectivity index (χ3v) is 4.44. The van der Waals surface area contributed by atoms with E-state index in [-0.39, 0.29) is 17.9 Å². The predicted octanol–water partition coefficient (Wildman–Crippen LogP) is 0.768. The van der Waals surface area contributed by atoms with Crippen LogP contribution in [0.5, 0.6) is 0 Å². The van der Waals surface area contributed by atoms with Crippen LogP contribution in [-0.4, -0.2) is 50.8 Å². The van der Waals surface area contributed by atoms with Gasteiger partial charge in [-0.05, 0) is 26.7 Å². The summed E-state index contributed by atoms with van der Waals surface area (Å²) in [6, 6.07) is -0.298. The highest BCUT2D eigenvalue weighted by molar-refractivity contribution is 5.93. The van der Waals surface area contributed by atoms with Crippen LogP contribution < -0.4 is 5.32 Å². The molecule has 3 atom stereocenters. The Morgan fingerprint density at radius 2 is 2.18 bits per heavy atom. The number of carbonyl (C=O) groups is 2. The number of hydrogen-bond donors (Lipinski definition) is 2. The SMILES string of the molecule is CCn1cc(NC(=O)[C@@H]2CC[C@@H](N(C)C(C)=O)[C@H]2O)c(C)n1. The standard InChI is InChI=1S/C15H24N4O3/c1-5-19-8-12(9(2)17-19)16-15(22)11-6-7-13(14(11)21)18(4)10(3)20/h8,11,13-14,21H,5-7H2,1-4H3,(H,16,22)/t11-,13-,14+/m1/s1. The summed E-state index contributed by atoms with van der Waals surface area (Å²) in [4.78, 5) is 25.3. The summed E-state index contributed by atoms with van der Waals surface area (Å²) in [6.45, 7) is 6.00. The Hall–Kier alpha value is -1.89.